The summed E-state index contributed by atoms with van der Waals surface area (Å²) in [6.07, 6.45) is 5.30. The highest BCUT2D eigenvalue weighted by atomic mass is 16.5. The highest BCUT2D eigenvalue weighted by Gasteiger charge is 2.20. The molecule has 0 bridgehead atoms. The number of aliphatic hydroxyl groups is 1. The van der Waals surface area contributed by atoms with Crippen molar-refractivity contribution in [1.82, 2.24) is 9.88 Å². The van der Waals surface area contributed by atoms with Gasteiger partial charge in [-0.25, -0.2) is 0 Å². The quantitative estimate of drug-likeness (QED) is 0.840. The molecule has 94 valence electrons. The van der Waals surface area contributed by atoms with Crippen LogP contribution in [0.4, 0.5) is 0 Å². The Labute approximate surface area is 102 Å². The Morgan fingerprint density at radius 3 is 3.18 bits per heavy atom. The van der Waals surface area contributed by atoms with E-state index in [0.29, 0.717) is 11.7 Å². The average Bonchev–Trinajstić information content (AvgIpc) is 2.76. The lowest BCUT2D eigenvalue weighted by molar-refractivity contribution is 0.232. The van der Waals surface area contributed by atoms with Gasteiger partial charge in [-0.1, -0.05) is 0 Å². The summed E-state index contributed by atoms with van der Waals surface area (Å²) in [4.78, 5) is 6.42. The highest BCUT2D eigenvalue weighted by Crippen LogP contribution is 2.18. The van der Waals surface area contributed by atoms with E-state index in [1.165, 1.54) is 19.4 Å². The zero-order chi connectivity index (χ0) is 12.1. The van der Waals surface area contributed by atoms with Gasteiger partial charge in [0.2, 0.25) is 0 Å². The van der Waals surface area contributed by atoms with Crippen LogP contribution in [0.1, 0.15) is 25.0 Å². The standard InChI is InChI=1S/C13H20N2O2/c1-15-7-2-3-12(15)5-8-17-13-4-6-14-11(9-13)10-16/h4,6,9,12,16H,2-3,5,7-8,10H2,1H3. The molecule has 1 aliphatic heterocycles. The fraction of sp³-hybridized carbons (Fsp3) is 0.615. The Kier molecular flexibility index (Phi) is 4.34. The number of pyridine rings is 1. The van der Waals surface area contributed by atoms with Crippen molar-refractivity contribution in [2.24, 2.45) is 0 Å². The predicted octanol–water partition coefficient (Wildman–Crippen LogP) is 1.44. The van der Waals surface area contributed by atoms with Gasteiger partial charge in [-0.15, -0.1) is 0 Å². The summed E-state index contributed by atoms with van der Waals surface area (Å²) in [7, 11) is 2.17. The maximum Gasteiger partial charge on any atom is 0.122 e. The van der Waals surface area contributed by atoms with Crippen molar-refractivity contribution < 1.29 is 9.84 Å². The Bertz CT molecular complexity index is 357. The van der Waals surface area contributed by atoms with Gasteiger partial charge in [0.05, 0.1) is 18.9 Å². The first-order valence-corrected chi connectivity index (χ1v) is 6.18. The van der Waals surface area contributed by atoms with Crippen LogP contribution in [-0.2, 0) is 6.61 Å². The summed E-state index contributed by atoms with van der Waals surface area (Å²) in [5, 5.41) is 8.97. The van der Waals surface area contributed by atoms with Crippen LogP contribution in [0, 0.1) is 0 Å². The van der Waals surface area contributed by atoms with Crippen molar-refractivity contribution in [2.45, 2.75) is 31.9 Å². The van der Waals surface area contributed by atoms with E-state index >= 15 is 0 Å². The smallest absolute Gasteiger partial charge is 0.122 e. The molecule has 17 heavy (non-hydrogen) atoms. The first kappa shape index (κ1) is 12.3. The molecule has 1 fully saturated rings. The zero-order valence-corrected chi connectivity index (χ0v) is 10.3. The highest BCUT2D eigenvalue weighted by molar-refractivity contribution is 5.22. The third-order valence-corrected chi connectivity index (χ3v) is 3.34. The molecule has 0 aromatic carbocycles. The molecule has 1 N–H and O–H groups in total. The van der Waals surface area contributed by atoms with E-state index in [1.54, 1.807) is 12.3 Å². The molecule has 0 saturated carbocycles. The van der Waals surface area contributed by atoms with E-state index in [-0.39, 0.29) is 6.61 Å². The van der Waals surface area contributed by atoms with E-state index in [1.807, 2.05) is 6.07 Å². The minimum atomic E-state index is -0.0391. The minimum Gasteiger partial charge on any atom is -0.493 e. The summed E-state index contributed by atoms with van der Waals surface area (Å²) >= 11 is 0. The van der Waals surface area contributed by atoms with E-state index < -0.39 is 0 Å². The molecule has 2 rings (SSSR count). The first-order chi connectivity index (χ1) is 8.29. The van der Waals surface area contributed by atoms with Gasteiger partial charge in [-0.05, 0) is 38.9 Å². The third kappa shape index (κ3) is 3.41. The molecule has 1 aliphatic rings. The molecule has 1 aromatic rings. The second-order valence-corrected chi connectivity index (χ2v) is 4.55. The van der Waals surface area contributed by atoms with Crippen molar-refractivity contribution in [3.63, 3.8) is 0 Å². The molecule has 0 radical (unpaired) electrons. The normalized spacial score (nSPS) is 20.7. The zero-order valence-electron chi connectivity index (χ0n) is 10.3. The Hall–Kier alpha value is -1.13. The number of aliphatic hydroxyl groups excluding tert-OH is 1. The Morgan fingerprint density at radius 1 is 1.59 bits per heavy atom. The van der Waals surface area contributed by atoms with Crippen molar-refractivity contribution in [2.75, 3.05) is 20.2 Å². The van der Waals surface area contributed by atoms with E-state index in [0.717, 1.165) is 18.8 Å². The van der Waals surface area contributed by atoms with Crippen LogP contribution in [0.25, 0.3) is 0 Å². The second kappa shape index (κ2) is 5.98. The number of hydrogen-bond acceptors (Lipinski definition) is 4. The molecule has 1 saturated heterocycles. The largest absolute Gasteiger partial charge is 0.493 e. The molecule has 4 heteroatoms. The van der Waals surface area contributed by atoms with E-state index in [4.69, 9.17) is 9.84 Å². The van der Waals surface area contributed by atoms with E-state index in [2.05, 4.69) is 16.9 Å². The van der Waals surface area contributed by atoms with Gasteiger partial charge < -0.3 is 14.7 Å². The number of ether oxygens (including phenoxy) is 1. The summed E-state index contributed by atoms with van der Waals surface area (Å²) in [5.74, 6) is 0.796. The van der Waals surface area contributed by atoms with Crippen LogP contribution in [0.2, 0.25) is 0 Å². The molecule has 1 unspecified atom stereocenters. The van der Waals surface area contributed by atoms with Crippen LogP contribution < -0.4 is 4.74 Å². The van der Waals surface area contributed by atoms with Crippen LogP contribution in [-0.4, -0.2) is 41.2 Å². The SMILES string of the molecule is CN1CCCC1CCOc1ccnc(CO)c1. The van der Waals surface area contributed by atoms with E-state index in [9.17, 15) is 0 Å². The number of hydrogen-bond donors (Lipinski definition) is 1. The summed E-state index contributed by atoms with van der Waals surface area (Å²) in [6.45, 7) is 1.89. The van der Waals surface area contributed by atoms with Crippen molar-refractivity contribution >= 4 is 0 Å². The molecule has 0 spiro atoms. The maximum atomic E-state index is 8.97. The average molecular weight is 236 g/mol. The van der Waals surface area contributed by atoms with Crippen LogP contribution in [0.15, 0.2) is 18.3 Å². The number of likely N-dealkylation sites (tertiary alicyclic amines) is 1. The molecular weight excluding hydrogens is 216 g/mol. The molecule has 2 heterocycles. The van der Waals surface area contributed by atoms with Crippen molar-refractivity contribution in [3.05, 3.63) is 24.0 Å². The molecule has 1 atom stereocenters. The molecule has 1 aromatic heterocycles. The number of nitrogens with zero attached hydrogens (tertiary/aromatic N) is 2. The molecular formula is C13H20N2O2. The van der Waals surface area contributed by atoms with Gasteiger partial charge >= 0.3 is 0 Å². The maximum absolute atomic E-state index is 8.97. The number of rotatable bonds is 5. The number of aromatic nitrogens is 1. The Balaban J connectivity index is 1.77. The summed E-state index contributed by atoms with van der Waals surface area (Å²) < 4.78 is 5.68. The lowest BCUT2D eigenvalue weighted by atomic mass is 10.1. The second-order valence-electron chi connectivity index (χ2n) is 4.55. The third-order valence-electron chi connectivity index (χ3n) is 3.34. The van der Waals surface area contributed by atoms with Gasteiger partial charge in [0.1, 0.15) is 5.75 Å². The topological polar surface area (TPSA) is 45.6 Å². The van der Waals surface area contributed by atoms with Crippen molar-refractivity contribution in [3.8, 4) is 5.75 Å². The Morgan fingerprint density at radius 2 is 2.47 bits per heavy atom. The summed E-state index contributed by atoms with van der Waals surface area (Å²) in [6, 6.07) is 4.28. The van der Waals surface area contributed by atoms with Gasteiger partial charge in [0, 0.05) is 18.3 Å². The first-order valence-electron chi connectivity index (χ1n) is 6.18. The minimum absolute atomic E-state index is 0.0391. The van der Waals surface area contributed by atoms with Gasteiger partial charge in [-0.2, -0.15) is 0 Å². The van der Waals surface area contributed by atoms with Gasteiger partial charge in [-0.3, -0.25) is 4.98 Å². The lowest BCUT2D eigenvalue weighted by Gasteiger charge is -2.19. The molecule has 0 aliphatic carbocycles. The summed E-state index contributed by atoms with van der Waals surface area (Å²) in [5.41, 5.74) is 0.653. The lowest BCUT2D eigenvalue weighted by Crippen LogP contribution is -2.26. The molecule has 0 amide bonds. The predicted molar refractivity (Wildman–Crippen MR) is 65.9 cm³/mol. The monoisotopic (exact) mass is 236 g/mol. The fourth-order valence-corrected chi connectivity index (χ4v) is 2.29. The van der Waals surface area contributed by atoms with Crippen molar-refractivity contribution in [1.29, 1.82) is 0 Å². The van der Waals surface area contributed by atoms with Crippen LogP contribution in [0.5, 0.6) is 5.75 Å². The fourth-order valence-electron chi connectivity index (χ4n) is 2.29. The molecule has 4 nitrogen and oxygen atoms in total. The van der Waals surface area contributed by atoms with Crippen LogP contribution in [0.3, 0.4) is 0 Å². The van der Waals surface area contributed by atoms with Gasteiger partial charge in [0.25, 0.3) is 0 Å². The van der Waals surface area contributed by atoms with Crippen LogP contribution >= 0.6 is 0 Å². The van der Waals surface area contributed by atoms with Gasteiger partial charge in [0.15, 0.2) is 0 Å².